The fraction of sp³-hybridized carbons (Fsp3) is 0.440. The molecule has 1 saturated heterocycles. The van der Waals surface area contributed by atoms with E-state index in [9.17, 15) is 9.59 Å². The number of amides is 2. The minimum Gasteiger partial charge on any atom is -0.478 e. The maximum atomic E-state index is 12.8. The van der Waals surface area contributed by atoms with Gasteiger partial charge in [0.1, 0.15) is 5.75 Å². The first-order valence-electron chi connectivity index (χ1n) is 11.3. The molecule has 6 nitrogen and oxygen atoms in total. The molecule has 1 atom stereocenters. The number of fused-ring (bicyclic) bond motifs is 1. The molecule has 164 valence electrons. The van der Waals surface area contributed by atoms with Crippen LogP contribution < -0.4 is 19.9 Å². The Balaban J connectivity index is 1.34. The van der Waals surface area contributed by atoms with Gasteiger partial charge in [-0.15, -0.1) is 0 Å². The molecule has 2 aliphatic rings. The largest absolute Gasteiger partial charge is 0.478 e. The maximum Gasteiger partial charge on any atom is 0.268 e. The van der Waals surface area contributed by atoms with Crippen LogP contribution in [0, 0.1) is 5.92 Å². The first-order chi connectivity index (χ1) is 15.0. The van der Waals surface area contributed by atoms with Crippen LogP contribution in [0.1, 0.15) is 39.5 Å². The Morgan fingerprint density at radius 1 is 1.10 bits per heavy atom. The van der Waals surface area contributed by atoms with Gasteiger partial charge in [0.25, 0.3) is 5.91 Å². The van der Waals surface area contributed by atoms with E-state index in [1.807, 2.05) is 43.3 Å². The summed E-state index contributed by atoms with van der Waals surface area (Å²) in [5, 5.41) is 2.96. The Morgan fingerprint density at radius 2 is 1.81 bits per heavy atom. The van der Waals surface area contributed by atoms with Crippen molar-refractivity contribution in [3.8, 4) is 5.75 Å². The van der Waals surface area contributed by atoms with Crippen molar-refractivity contribution in [1.29, 1.82) is 0 Å². The van der Waals surface area contributed by atoms with E-state index < -0.39 is 6.10 Å². The lowest BCUT2D eigenvalue weighted by Crippen LogP contribution is -2.46. The smallest absolute Gasteiger partial charge is 0.268 e. The van der Waals surface area contributed by atoms with Gasteiger partial charge < -0.3 is 19.9 Å². The molecule has 2 aromatic carbocycles. The van der Waals surface area contributed by atoms with Crippen LogP contribution in [0.2, 0.25) is 0 Å². The number of piperidine rings is 1. The van der Waals surface area contributed by atoms with Crippen LogP contribution in [0.5, 0.6) is 5.75 Å². The summed E-state index contributed by atoms with van der Waals surface area (Å²) in [5.74, 6) is 1.29. The van der Waals surface area contributed by atoms with E-state index >= 15 is 0 Å². The van der Waals surface area contributed by atoms with Crippen molar-refractivity contribution in [1.82, 2.24) is 0 Å². The second-order valence-corrected chi connectivity index (χ2v) is 8.49. The molecule has 1 fully saturated rings. The molecule has 2 amide bonds. The molecular formula is C25H31N3O3. The number of nitrogens with zero attached hydrogens (tertiary/aromatic N) is 2. The fourth-order valence-electron chi connectivity index (χ4n) is 4.22. The molecular weight excluding hydrogens is 390 g/mol. The van der Waals surface area contributed by atoms with Crippen molar-refractivity contribution in [2.45, 2.75) is 45.6 Å². The highest BCUT2D eigenvalue weighted by molar-refractivity contribution is 6.01. The highest BCUT2D eigenvalue weighted by atomic mass is 16.5. The van der Waals surface area contributed by atoms with Crippen molar-refractivity contribution < 1.29 is 14.3 Å². The third kappa shape index (κ3) is 4.84. The fourth-order valence-corrected chi connectivity index (χ4v) is 4.22. The van der Waals surface area contributed by atoms with Crippen LogP contribution in [0.4, 0.5) is 17.1 Å². The van der Waals surface area contributed by atoms with Crippen LogP contribution >= 0.6 is 0 Å². The number of hydrogen-bond donors (Lipinski definition) is 1. The van der Waals surface area contributed by atoms with E-state index in [0.29, 0.717) is 18.7 Å². The van der Waals surface area contributed by atoms with Crippen molar-refractivity contribution >= 4 is 28.9 Å². The second kappa shape index (κ2) is 9.41. The first-order valence-corrected chi connectivity index (χ1v) is 11.3. The van der Waals surface area contributed by atoms with E-state index in [-0.39, 0.29) is 18.2 Å². The van der Waals surface area contributed by atoms with Gasteiger partial charge in [-0.1, -0.05) is 26.0 Å². The Kier molecular flexibility index (Phi) is 6.44. The average molecular weight is 422 g/mol. The third-order valence-corrected chi connectivity index (χ3v) is 6.20. The van der Waals surface area contributed by atoms with Crippen LogP contribution in [0.15, 0.2) is 48.5 Å². The minimum atomic E-state index is -0.497. The summed E-state index contributed by atoms with van der Waals surface area (Å²) < 4.78 is 5.80. The van der Waals surface area contributed by atoms with Gasteiger partial charge >= 0.3 is 0 Å². The molecule has 2 aromatic rings. The predicted molar refractivity (Wildman–Crippen MR) is 124 cm³/mol. The Labute approximate surface area is 184 Å². The summed E-state index contributed by atoms with van der Waals surface area (Å²) in [5.41, 5.74) is 2.70. The SMILES string of the molecule is CCC1Oc2ccccc2N(CCC(=O)Nc2ccc(N3CCC(C)CC3)cc2)C1=O. The zero-order chi connectivity index (χ0) is 21.8. The monoisotopic (exact) mass is 421 g/mol. The number of para-hydroxylation sites is 2. The molecule has 0 aliphatic carbocycles. The summed E-state index contributed by atoms with van der Waals surface area (Å²) in [6, 6.07) is 15.5. The molecule has 0 saturated carbocycles. The van der Waals surface area contributed by atoms with Gasteiger partial charge in [-0.3, -0.25) is 9.59 Å². The molecule has 1 N–H and O–H groups in total. The molecule has 4 rings (SSSR count). The van der Waals surface area contributed by atoms with Gasteiger partial charge in [-0.2, -0.15) is 0 Å². The lowest BCUT2D eigenvalue weighted by Gasteiger charge is -2.34. The van der Waals surface area contributed by atoms with Crippen molar-refractivity contribution in [2.75, 3.05) is 34.8 Å². The van der Waals surface area contributed by atoms with E-state index in [1.54, 1.807) is 4.90 Å². The standard InChI is InChI=1S/C25H31N3O3/c1-3-22-25(30)28(21-6-4-5-7-23(21)31-22)17-14-24(29)26-19-8-10-20(11-9-19)27-15-12-18(2)13-16-27/h4-11,18,22H,3,12-17H2,1-2H3,(H,26,29). The summed E-state index contributed by atoms with van der Waals surface area (Å²) in [6.45, 7) is 6.73. The highest BCUT2D eigenvalue weighted by Gasteiger charge is 2.33. The maximum absolute atomic E-state index is 12.8. The molecule has 0 bridgehead atoms. The number of nitrogens with one attached hydrogen (secondary N) is 1. The molecule has 31 heavy (non-hydrogen) atoms. The van der Waals surface area contributed by atoms with Gasteiger partial charge in [0.05, 0.1) is 5.69 Å². The molecule has 0 aromatic heterocycles. The van der Waals surface area contributed by atoms with Crippen LogP contribution in [0.3, 0.4) is 0 Å². The van der Waals surface area contributed by atoms with E-state index in [4.69, 9.17) is 4.74 Å². The summed E-state index contributed by atoms with van der Waals surface area (Å²) in [6.07, 6.45) is 2.77. The van der Waals surface area contributed by atoms with Gasteiger partial charge in [0.2, 0.25) is 5.91 Å². The number of carbonyl (C=O) groups is 2. The number of ether oxygens (including phenoxy) is 1. The number of carbonyl (C=O) groups excluding carboxylic acids is 2. The third-order valence-electron chi connectivity index (χ3n) is 6.20. The Hall–Kier alpha value is -3.02. The summed E-state index contributed by atoms with van der Waals surface area (Å²) in [7, 11) is 0. The number of benzene rings is 2. The number of hydrogen-bond acceptors (Lipinski definition) is 4. The highest BCUT2D eigenvalue weighted by Crippen LogP contribution is 2.34. The van der Waals surface area contributed by atoms with Crippen LogP contribution in [-0.2, 0) is 9.59 Å². The van der Waals surface area contributed by atoms with Crippen molar-refractivity contribution in [3.05, 3.63) is 48.5 Å². The molecule has 0 spiro atoms. The van der Waals surface area contributed by atoms with Crippen molar-refractivity contribution in [3.63, 3.8) is 0 Å². The lowest BCUT2D eigenvalue weighted by molar-refractivity contribution is -0.126. The zero-order valence-corrected chi connectivity index (χ0v) is 18.3. The Bertz CT molecular complexity index is 920. The lowest BCUT2D eigenvalue weighted by atomic mass is 9.99. The topological polar surface area (TPSA) is 61.9 Å². The van der Waals surface area contributed by atoms with Crippen molar-refractivity contribution in [2.24, 2.45) is 5.92 Å². The second-order valence-electron chi connectivity index (χ2n) is 8.49. The van der Waals surface area contributed by atoms with Crippen LogP contribution in [-0.4, -0.2) is 37.6 Å². The van der Waals surface area contributed by atoms with E-state index in [2.05, 4.69) is 29.3 Å². The molecule has 6 heteroatoms. The minimum absolute atomic E-state index is 0.0887. The molecule has 1 unspecified atom stereocenters. The molecule has 2 aliphatic heterocycles. The quantitative estimate of drug-likeness (QED) is 0.748. The summed E-state index contributed by atoms with van der Waals surface area (Å²) >= 11 is 0. The Morgan fingerprint density at radius 3 is 2.52 bits per heavy atom. The molecule has 0 radical (unpaired) electrons. The number of anilines is 3. The number of rotatable bonds is 6. The summed E-state index contributed by atoms with van der Waals surface area (Å²) in [4.78, 5) is 29.4. The first kappa shape index (κ1) is 21.2. The van der Waals surface area contributed by atoms with E-state index in [1.165, 1.54) is 18.5 Å². The van der Waals surface area contributed by atoms with Gasteiger partial charge in [-0.25, -0.2) is 0 Å². The van der Waals surface area contributed by atoms with Gasteiger partial charge in [0.15, 0.2) is 6.10 Å². The van der Waals surface area contributed by atoms with Gasteiger partial charge in [-0.05, 0) is 61.6 Å². The molecule has 2 heterocycles. The predicted octanol–water partition coefficient (Wildman–Crippen LogP) is 4.46. The normalized spacial score (nSPS) is 19.0. The van der Waals surface area contributed by atoms with Crippen LogP contribution in [0.25, 0.3) is 0 Å². The zero-order valence-electron chi connectivity index (χ0n) is 18.3. The van der Waals surface area contributed by atoms with E-state index in [0.717, 1.165) is 30.4 Å². The van der Waals surface area contributed by atoms with Gasteiger partial charge in [0, 0.05) is 37.4 Å². The average Bonchev–Trinajstić information content (AvgIpc) is 2.79.